The Morgan fingerprint density at radius 3 is 2.79 bits per heavy atom. The number of aliphatic hydroxyl groups excluding tert-OH is 1. The molecule has 0 spiro atoms. The highest BCUT2D eigenvalue weighted by molar-refractivity contribution is 5.87. The van der Waals surface area contributed by atoms with Crippen LogP contribution in [0.2, 0.25) is 0 Å². The Morgan fingerprint density at radius 2 is 2.05 bits per heavy atom. The standard InChI is InChI=1S/C32H38N4O3/c1-4-19-17-36(2)29-15-25-23-7-5-6-8-27(23)35-30(25)24(14-26(19)32(29,18-37)31(38)39-3)20-9-10-22-21(11-12-33)16-34-28(22)13-20/h4-10,13,16,24,26,29,34-35,37H,11-12,14-15,17-18,33H2,1-3H3/b19-4+/t24-,26-,29-,32-/m0/s1. The van der Waals surface area contributed by atoms with Gasteiger partial charge in [-0.25, -0.2) is 0 Å². The van der Waals surface area contributed by atoms with Crippen molar-refractivity contribution in [2.24, 2.45) is 17.1 Å². The summed E-state index contributed by atoms with van der Waals surface area (Å²) in [6, 6.07) is 14.9. The van der Waals surface area contributed by atoms with Crippen LogP contribution < -0.4 is 5.73 Å². The molecule has 204 valence electrons. The second kappa shape index (κ2) is 9.97. The number of benzene rings is 2. The van der Waals surface area contributed by atoms with Gasteiger partial charge in [0.25, 0.3) is 0 Å². The summed E-state index contributed by atoms with van der Waals surface area (Å²) in [5.41, 5.74) is 13.0. The number of likely N-dealkylation sites (N-methyl/N-ethyl adjacent to an activating group) is 1. The zero-order chi connectivity index (χ0) is 27.3. The molecule has 2 aromatic heterocycles. The Balaban J connectivity index is 1.61. The molecule has 6 rings (SSSR count). The molecule has 1 aliphatic carbocycles. The topological polar surface area (TPSA) is 107 Å². The molecule has 4 atom stereocenters. The predicted octanol–water partition coefficient (Wildman–Crippen LogP) is 4.26. The highest BCUT2D eigenvalue weighted by Crippen LogP contribution is 2.53. The number of nitrogens with zero attached hydrogens (tertiary/aromatic N) is 1. The molecular weight excluding hydrogens is 488 g/mol. The van der Waals surface area contributed by atoms with E-state index < -0.39 is 5.41 Å². The van der Waals surface area contributed by atoms with Gasteiger partial charge in [-0.3, -0.25) is 9.69 Å². The van der Waals surface area contributed by atoms with Gasteiger partial charge in [-0.1, -0.05) is 42.0 Å². The number of nitrogens with two attached hydrogens (primary N) is 1. The molecule has 7 nitrogen and oxygen atoms in total. The van der Waals surface area contributed by atoms with Gasteiger partial charge >= 0.3 is 5.97 Å². The number of carbonyl (C=O) groups excluding carboxylic acids is 1. The maximum absolute atomic E-state index is 13.7. The van der Waals surface area contributed by atoms with Crippen LogP contribution in [-0.4, -0.2) is 65.8 Å². The number of hydrogen-bond acceptors (Lipinski definition) is 5. The summed E-state index contributed by atoms with van der Waals surface area (Å²) in [5.74, 6) is -0.505. The van der Waals surface area contributed by atoms with E-state index >= 15 is 0 Å². The number of piperidine rings is 1. The quantitative estimate of drug-likeness (QED) is 0.230. The molecule has 7 heteroatoms. The van der Waals surface area contributed by atoms with Gasteiger partial charge in [-0.05, 0) is 68.6 Å². The molecule has 3 heterocycles. The van der Waals surface area contributed by atoms with Gasteiger partial charge < -0.3 is 25.5 Å². The normalized spacial score (nSPS) is 26.5. The third-order valence-electron chi connectivity index (χ3n) is 9.50. The molecule has 2 bridgehead atoms. The van der Waals surface area contributed by atoms with Gasteiger partial charge in [0.15, 0.2) is 0 Å². The Kier molecular flexibility index (Phi) is 6.61. The van der Waals surface area contributed by atoms with Crippen LogP contribution in [0.4, 0.5) is 0 Å². The van der Waals surface area contributed by atoms with E-state index in [1.165, 1.54) is 45.8 Å². The number of fused-ring (bicyclic) bond motifs is 6. The molecule has 2 aromatic carbocycles. The van der Waals surface area contributed by atoms with Gasteiger partial charge in [-0.15, -0.1) is 0 Å². The summed E-state index contributed by atoms with van der Waals surface area (Å²) in [6.45, 7) is 3.14. The van der Waals surface area contributed by atoms with E-state index in [9.17, 15) is 9.90 Å². The van der Waals surface area contributed by atoms with E-state index in [2.05, 4.69) is 76.7 Å². The molecule has 0 saturated carbocycles. The summed E-state index contributed by atoms with van der Waals surface area (Å²) >= 11 is 0. The lowest BCUT2D eigenvalue weighted by Crippen LogP contribution is -2.63. The fraction of sp³-hybridized carbons (Fsp3) is 0.406. The molecular formula is C32H38N4O3. The third kappa shape index (κ3) is 3.86. The lowest BCUT2D eigenvalue weighted by Gasteiger charge is -2.53. The SMILES string of the molecule is C/C=C1\CN(C)[C@H]2Cc3c([nH]c4ccccc34)[C@H](c3ccc4c(CCN)c[nH]c4c3)C[C@@H]1[C@]2(CO)C(=O)OC. The van der Waals surface area contributed by atoms with Crippen LogP contribution in [0.25, 0.3) is 21.8 Å². The first-order valence-corrected chi connectivity index (χ1v) is 13.9. The van der Waals surface area contributed by atoms with Crippen LogP contribution in [0.3, 0.4) is 0 Å². The maximum atomic E-state index is 13.7. The zero-order valence-electron chi connectivity index (χ0n) is 23.0. The van der Waals surface area contributed by atoms with Crippen molar-refractivity contribution >= 4 is 27.8 Å². The van der Waals surface area contributed by atoms with Gasteiger partial charge in [0.05, 0.1) is 13.7 Å². The second-order valence-electron chi connectivity index (χ2n) is 11.2. The fourth-order valence-electron chi connectivity index (χ4n) is 7.58. The number of aliphatic hydroxyl groups is 1. The highest BCUT2D eigenvalue weighted by atomic mass is 16.5. The first-order valence-electron chi connectivity index (χ1n) is 13.9. The number of esters is 1. The summed E-state index contributed by atoms with van der Waals surface area (Å²) in [6.07, 6.45) is 6.33. The van der Waals surface area contributed by atoms with Crippen LogP contribution in [-0.2, 0) is 22.4 Å². The van der Waals surface area contributed by atoms with Gasteiger partial charge in [0, 0.05) is 58.1 Å². The minimum atomic E-state index is -1.07. The molecule has 2 aliphatic rings. The molecule has 39 heavy (non-hydrogen) atoms. The van der Waals surface area contributed by atoms with Crippen molar-refractivity contribution in [3.8, 4) is 0 Å². The minimum absolute atomic E-state index is 0.00190. The molecule has 5 N–H and O–H groups in total. The lowest BCUT2D eigenvalue weighted by molar-refractivity contribution is -0.169. The van der Waals surface area contributed by atoms with Crippen LogP contribution in [0.15, 0.2) is 60.3 Å². The van der Waals surface area contributed by atoms with Crippen LogP contribution in [0.5, 0.6) is 0 Å². The Morgan fingerprint density at radius 1 is 1.23 bits per heavy atom. The van der Waals surface area contributed by atoms with E-state index in [0.717, 1.165) is 24.0 Å². The van der Waals surface area contributed by atoms with Crippen molar-refractivity contribution in [1.29, 1.82) is 0 Å². The number of ether oxygens (including phenoxy) is 1. The molecule has 1 aliphatic heterocycles. The molecule has 0 unspecified atom stereocenters. The van der Waals surface area contributed by atoms with Crippen molar-refractivity contribution in [3.63, 3.8) is 0 Å². The zero-order valence-corrected chi connectivity index (χ0v) is 23.0. The van der Waals surface area contributed by atoms with E-state index in [1.807, 2.05) is 6.92 Å². The van der Waals surface area contributed by atoms with E-state index in [0.29, 0.717) is 19.4 Å². The van der Waals surface area contributed by atoms with Crippen molar-refractivity contribution in [3.05, 3.63) is 82.7 Å². The smallest absolute Gasteiger partial charge is 0.316 e. The van der Waals surface area contributed by atoms with Crippen molar-refractivity contribution < 1.29 is 14.6 Å². The number of allylic oxidation sites excluding steroid dienone is 1. The van der Waals surface area contributed by atoms with Crippen molar-refractivity contribution in [1.82, 2.24) is 14.9 Å². The van der Waals surface area contributed by atoms with Crippen molar-refractivity contribution in [2.45, 2.75) is 38.1 Å². The number of methoxy groups -OCH3 is 1. The van der Waals surface area contributed by atoms with E-state index in [4.69, 9.17) is 10.5 Å². The highest BCUT2D eigenvalue weighted by Gasteiger charge is 2.59. The lowest BCUT2D eigenvalue weighted by atomic mass is 9.58. The number of rotatable bonds is 5. The Hall–Kier alpha value is -3.39. The fourth-order valence-corrected chi connectivity index (χ4v) is 7.58. The number of nitrogens with one attached hydrogen (secondary N) is 2. The number of hydrogen-bond donors (Lipinski definition) is 4. The molecule has 4 aromatic rings. The average Bonchev–Trinajstić information content (AvgIpc) is 3.52. The summed E-state index contributed by atoms with van der Waals surface area (Å²) in [4.78, 5) is 23.2. The largest absolute Gasteiger partial charge is 0.468 e. The second-order valence-corrected chi connectivity index (χ2v) is 11.2. The van der Waals surface area contributed by atoms with Gasteiger partial charge in [-0.2, -0.15) is 0 Å². The van der Waals surface area contributed by atoms with Crippen LogP contribution >= 0.6 is 0 Å². The Labute approximate surface area is 229 Å². The third-order valence-corrected chi connectivity index (χ3v) is 9.50. The van der Waals surface area contributed by atoms with E-state index in [1.54, 1.807) is 0 Å². The summed E-state index contributed by atoms with van der Waals surface area (Å²) < 4.78 is 5.46. The number of carbonyl (C=O) groups is 1. The number of aromatic amines is 2. The van der Waals surface area contributed by atoms with Crippen LogP contribution in [0, 0.1) is 11.3 Å². The van der Waals surface area contributed by atoms with Gasteiger partial charge in [0.1, 0.15) is 5.41 Å². The number of H-pyrrole nitrogens is 2. The number of likely N-dealkylation sites (tertiary alicyclic amines) is 1. The number of para-hydroxylation sites is 1. The van der Waals surface area contributed by atoms with Gasteiger partial charge in [0.2, 0.25) is 0 Å². The maximum Gasteiger partial charge on any atom is 0.316 e. The Bertz CT molecular complexity index is 1570. The minimum Gasteiger partial charge on any atom is -0.468 e. The summed E-state index contributed by atoms with van der Waals surface area (Å²) in [7, 11) is 3.50. The number of aromatic nitrogens is 2. The molecule has 1 saturated heterocycles. The van der Waals surface area contributed by atoms with E-state index in [-0.39, 0.29) is 30.5 Å². The summed E-state index contributed by atoms with van der Waals surface area (Å²) in [5, 5.41) is 13.4. The van der Waals surface area contributed by atoms with Crippen molar-refractivity contribution in [2.75, 3.05) is 33.9 Å². The molecule has 0 radical (unpaired) electrons. The molecule has 0 amide bonds. The molecule has 1 fully saturated rings. The average molecular weight is 527 g/mol. The monoisotopic (exact) mass is 526 g/mol. The van der Waals surface area contributed by atoms with Crippen LogP contribution in [0.1, 0.15) is 41.6 Å². The predicted molar refractivity (Wildman–Crippen MR) is 155 cm³/mol. The first kappa shape index (κ1) is 25.9. The first-order chi connectivity index (χ1) is 19.0.